The third-order valence-corrected chi connectivity index (χ3v) is 4.31. The van der Waals surface area contributed by atoms with E-state index in [4.69, 9.17) is 5.73 Å². The van der Waals surface area contributed by atoms with Gasteiger partial charge >= 0.3 is 0 Å². The Bertz CT molecular complexity index is 1110. The fraction of sp³-hybridized carbons (Fsp3) is 0.167. The Labute approximate surface area is 143 Å². The van der Waals surface area contributed by atoms with Crippen LogP contribution in [0.25, 0.3) is 21.9 Å². The molecule has 126 valence electrons. The van der Waals surface area contributed by atoms with Gasteiger partial charge in [-0.2, -0.15) is 0 Å². The molecule has 0 spiro atoms. The Kier molecular flexibility index (Phi) is 3.61. The summed E-state index contributed by atoms with van der Waals surface area (Å²) in [6, 6.07) is 12.0. The summed E-state index contributed by atoms with van der Waals surface area (Å²) in [5, 5.41) is 3.51. The highest BCUT2D eigenvalue weighted by molar-refractivity contribution is 5.98. The molecule has 4 aromatic rings. The van der Waals surface area contributed by atoms with Crippen LogP contribution in [0.15, 0.2) is 41.2 Å². The quantitative estimate of drug-likeness (QED) is 0.457. The van der Waals surface area contributed by atoms with E-state index in [0.29, 0.717) is 23.3 Å². The van der Waals surface area contributed by atoms with Gasteiger partial charge in [0.15, 0.2) is 0 Å². The number of nitrogens with zero attached hydrogens (tertiary/aromatic N) is 2. The number of imidazole rings is 1. The number of aryl methyl sites for hydroxylation is 2. The number of H-pyrrole nitrogens is 2. The maximum Gasteiger partial charge on any atom is 0.260 e. The van der Waals surface area contributed by atoms with Crippen molar-refractivity contribution in [2.45, 2.75) is 12.8 Å². The van der Waals surface area contributed by atoms with Crippen LogP contribution < -0.4 is 16.6 Å². The Morgan fingerprint density at radius 3 is 2.64 bits per heavy atom. The molecule has 25 heavy (non-hydrogen) atoms. The molecule has 5 N–H and O–H groups in total. The van der Waals surface area contributed by atoms with Crippen molar-refractivity contribution in [3.05, 3.63) is 57.9 Å². The minimum atomic E-state index is -0.244. The molecule has 2 aromatic heterocycles. The van der Waals surface area contributed by atoms with Crippen molar-refractivity contribution >= 4 is 33.8 Å². The van der Waals surface area contributed by atoms with E-state index in [1.54, 1.807) is 13.1 Å². The molecule has 0 aliphatic heterocycles. The van der Waals surface area contributed by atoms with Gasteiger partial charge in [-0.15, -0.1) is 0 Å². The molecule has 0 atom stereocenters. The Morgan fingerprint density at radius 2 is 1.88 bits per heavy atom. The first kappa shape index (κ1) is 15.2. The average Bonchev–Trinajstić information content (AvgIpc) is 3.03. The van der Waals surface area contributed by atoms with E-state index in [-0.39, 0.29) is 11.5 Å². The van der Waals surface area contributed by atoms with Gasteiger partial charge in [0.05, 0.1) is 21.9 Å². The molecule has 0 fully saturated rings. The number of benzene rings is 2. The normalized spacial score (nSPS) is 11.2. The summed E-state index contributed by atoms with van der Waals surface area (Å²) in [6.45, 7) is 0. The number of aromatic nitrogens is 4. The van der Waals surface area contributed by atoms with Gasteiger partial charge in [-0.05, 0) is 24.5 Å². The van der Waals surface area contributed by atoms with Crippen LogP contribution in [0.3, 0.4) is 0 Å². The summed E-state index contributed by atoms with van der Waals surface area (Å²) in [4.78, 5) is 27.0. The van der Waals surface area contributed by atoms with Gasteiger partial charge in [-0.25, -0.2) is 9.97 Å². The number of nitrogen functional groups attached to an aromatic ring is 1. The molecule has 0 unspecified atom stereocenters. The molecule has 0 aliphatic rings. The Morgan fingerprint density at radius 1 is 1.08 bits per heavy atom. The molecule has 2 heterocycles. The first-order valence-electron chi connectivity index (χ1n) is 8.08. The predicted octanol–water partition coefficient (Wildman–Crippen LogP) is 2.21. The third kappa shape index (κ3) is 2.69. The van der Waals surface area contributed by atoms with E-state index in [2.05, 4.69) is 37.4 Å². The molecule has 0 saturated carbocycles. The zero-order valence-electron chi connectivity index (χ0n) is 13.8. The average molecular weight is 334 g/mol. The summed E-state index contributed by atoms with van der Waals surface area (Å²) in [6.07, 6.45) is 1.53. The molecule has 2 aromatic carbocycles. The molecular weight excluding hydrogens is 316 g/mol. The Balaban J connectivity index is 1.93. The smallest absolute Gasteiger partial charge is 0.260 e. The van der Waals surface area contributed by atoms with E-state index in [0.717, 1.165) is 23.0 Å². The highest BCUT2D eigenvalue weighted by atomic mass is 16.1. The molecule has 7 heteroatoms. The molecular formula is C18H18N6O. The molecule has 0 amide bonds. The lowest BCUT2D eigenvalue weighted by Gasteiger charge is -2.08. The van der Waals surface area contributed by atoms with E-state index in [9.17, 15) is 4.79 Å². The van der Waals surface area contributed by atoms with E-state index >= 15 is 0 Å². The summed E-state index contributed by atoms with van der Waals surface area (Å²) in [5.74, 6) is 0.762. The van der Waals surface area contributed by atoms with Crippen LogP contribution in [0.5, 0.6) is 0 Å². The van der Waals surface area contributed by atoms with Crippen molar-refractivity contribution < 1.29 is 0 Å². The van der Waals surface area contributed by atoms with Crippen molar-refractivity contribution in [1.82, 2.24) is 19.9 Å². The van der Waals surface area contributed by atoms with Crippen molar-refractivity contribution in [3.8, 4) is 0 Å². The number of hydrogen-bond donors (Lipinski definition) is 4. The highest BCUT2D eigenvalue weighted by Gasteiger charge is 2.15. The molecule has 4 rings (SSSR count). The second-order valence-electron chi connectivity index (χ2n) is 5.92. The monoisotopic (exact) mass is 334 g/mol. The van der Waals surface area contributed by atoms with E-state index < -0.39 is 0 Å². The predicted molar refractivity (Wildman–Crippen MR) is 99.8 cm³/mol. The van der Waals surface area contributed by atoms with Gasteiger partial charge in [-0.3, -0.25) is 9.78 Å². The van der Waals surface area contributed by atoms with Gasteiger partial charge < -0.3 is 16.0 Å². The minimum Gasteiger partial charge on any atom is -0.369 e. The number of hydrogen-bond acceptors (Lipinski definition) is 5. The SMILES string of the molecule is CNc1nc2c(CCc3ccccc3)c3nc(N)[nH]c(=O)c3cc2[nH]1. The van der Waals surface area contributed by atoms with E-state index in [1.165, 1.54) is 5.56 Å². The summed E-state index contributed by atoms with van der Waals surface area (Å²) in [5.41, 5.74) is 9.89. The maximum atomic E-state index is 12.3. The fourth-order valence-electron chi connectivity index (χ4n) is 3.11. The number of nitrogens with one attached hydrogen (secondary N) is 3. The number of nitrogens with two attached hydrogens (primary N) is 1. The molecule has 7 nitrogen and oxygen atoms in total. The van der Waals surface area contributed by atoms with Crippen LogP contribution in [-0.2, 0) is 12.8 Å². The lowest BCUT2D eigenvalue weighted by atomic mass is 10.0. The van der Waals surface area contributed by atoms with Crippen LogP contribution in [0.4, 0.5) is 11.9 Å². The molecule has 0 aliphatic carbocycles. The largest absolute Gasteiger partial charge is 0.369 e. The first-order chi connectivity index (χ1) is 12.2. The molecule has 0 saturated heterocycles. The summed E-state index contributed by atoms with van der Waals surface area (Å²) < 4.78 is 0. The van der Waals surface area contributed by atoms with Crippen LogP contribution >= 0.6 is 0 Å². The van der Waals surface area contributed by atoms with Gasteiger partial charge in [0.25, 0.3) is 5.56 Å². The zero-order valence-corrected chi connectivity index (χ0v) is 13.8. The summed E-state index contributed by atoms with van der Waals surface area (Å²) in [7, 11) is 1.80. The summed E-state index contributed by atoms with van der Waals surface area (Å²) >= 11 is 0. The topological polar surface area (TPSA) is 112 Å². The van der Waals surface area contributed by atoms with Gasteiger partial charge in [-0.1, -0.05) is 30.3 Å². The van der Waals surface area contributed by atoms with Crippen molar-refractivity contribution in [2.75, 3.05) is 18.1 Å². The van der Waals surface area contributed by atoms with Crippen molar-refractivity contribution in [1.29, 1.82) is 0 Å². The van der Waals surface area contributed by atoms with Crippen molar-refractivity contribution in [2.24, 2.45) is 0 Å². The minimum absolute atomic E-state index is 0.113. The Hall–Kier alpha value is -3.35. The third-order valence-electron chi connectivity index (χ3n) is 4.31. The number of aromatic amines is 2. The molecule has 0 bridgehead atoms. The number of anilines is 2. The lowest BCUT2D eigenvalue weighted by molar-refractivity contribution is 0.969. The lowest BCUT2D eigenvalue weighted by Crippen LogP contribution is -2.12. The molecule has 0 radical (unpaired) electrons. The fourth-order valence-corrected chi connectivity index (χ4v) is 3.11. The van der Waals surface area contributed by atoms with Crippen LogP contribution in [-0.4, -0.2) is 27.0 Å². The van der Waals surface area contributed by atoms with Crippen LogP contribution in [0.1, 0.15) is 11.1 Å². The van der Waals surface area contributed by atoms with Crippen molar-refractivity contribution in [3.63, 3.8) is 0 Å². The first-order valence-corrected chi connectivity index (χ1v) is 8.08. The zero-order chi connectivity index (χ0) is 17.4. The van der Waals surface area contributed by atoms with Crippen LogP contribution in [0.2, 0.25) is 0 Å². The second kappa shape index (κ2) is 5.94. The van der Waals surface area contributed by atoms with Gasteiger partial charge in [0.2, 0.25) is 11.9 Å². The number of fused-ring (bicyclic) bond motifs is 2. The number of rotatable bonds is 4. The van der Waals surface area contributed by atoms with Crippen LogP contribution in [0, 0.1) is 0 Å². The van der Waals surface area contributed by atoms with Gasteiger partial charge in [0.1, 0.15) is 0 Å². The second-order valence-corrected chi connectivity index (χ2v) is 5.92. The maximum absolute atomic E-state index is 12.3. The van der Waals surface area contributed by atoms with E-state index in [1.807, 2.05) is 18.2 Å². The highest BCUT2D eigenvalue weighted by Crippen LogP contribution is 2.27. The van der Waals surface area contributed by atoms with Gasteiger partial charge in [0, 0.05) is 12.6 Å². The standard InChI is InChI=1S/C18H18N6O/c1-20-18-21-13-9-12-14(22-17(19)24-16(12)25)11(15(13)23-18)8-7-10-5-3-2-4-6-10/h2-6,9H,7-8H2,1H3,(H2,20,21,23)(H3,19,22,24,25).